The van der Waals surface area contributed by atoms with Crippen molar-refractivity contribution < 1.29 is 9.18 Å². The maximum atomic E-state index is 13.4. The molecule has 3 heterocycles. The first-order chi connectivity index (χ1) is 13.1. The first-order valence-corrected chi connectivity index (χ1v) is 10.5. The van der Waals surface area contributed by atoms with E-state index < -0.39 is 0 Å². The van der Waals surface area contributed by atoms with Gasteiger partial charge in [-0.2, -0.15) is 0 Å². The quantitative estimate of drug-likeness (QED) is 0.808. The summed E-state index contributed by atoms with van der Waals surface area (Å²) in [6.07, 6.45) is 2.42. The Hall–Kier alpha value is -1.86. The van der Waals surface area contributed by atoms with Crippen LogP contribution in [-0.4, -0.2) is 58.0 Å². The lowest BCUT2D eigenvalue weighted by atomic mass is 9.87. The molecule has 7 heteroatoms. The van der Waals surface area contributed by atoms with Crippen molar-refractivity contribution in [1.29, 1.82) is 0 Å². The van der Waals surface area contributed by atoms with E-state index in [4.69, 9.17) is 0 Å². The Balaban J connectivity index is 1.49. The second kappa shape index (κ2) is 8.02. The molecule has 4 rings (SSSR count). The number of carbonyl (C=O) groups is 1. The van der Waals surface area contributed by atoms with E-state index in [1.807, 2.05) is 22.4 Å². The van der Waals surface area contributed by atoms with Crippen molar-refractivity contribution in [2.45, 2.75) is 31.6 Å². The molecule has 0 radical (unpaired) electrons. The monoisotopic (exact) mass is 388 g/mol. The zero-order valence-corrected chi connectivity index (χ0v) is 16.4. The molecule has 2 fully saturated rings. The van der Waals surface area contributed by atoms with Gasteiger partial charge in [0.05, 0.1) is 12.2 Å². The number of piperidine rings is 1. The van der Waals surface area contributed by atoms with Crippen molar-refractivity contribution in [2.24, 2.45) is 5.92 Å². The number of hydrogen-bond donors (Lipinski definition) is 0. The van der Waals surface area contributed by atoms with Gasteiger partial charge in [-0.3, -0.25) is 9.69 Å². The van der Waals surface area contributed by atoms with Crippen molar-refractivity contribution in [1.82, 2.24) is 19.4 Å². The molecular formula is C20H25FN4OS. The third kappa shape index (κ3) is 4.19. The van der Waals surface area contributed by atoms with E-state index in [1.165, 1.54) is 36.5 Å². The van der Waals surface area contributed by atoms with Crippen molar-refractivity contribution in [3.05, 3.63) is 46.7 Å². The van der Waals surface area contributed by atoms with E-state index in [0.29, 0.717) is 25.6 Å². The summed E-state index contributed by atoms with van der Waals surface area (Å²) in [6.45, 7) is 6.04. The molecule has 5 nitrogen and oxygen atoms in total. The predicted molar refractivity (Wildman–Crippen MR) is 103 cm³/mol. The molecule has 2 aromatic rings. The van der Waals surface area contributed by atoms with Gasteiger partial charge in [0.1, 0.15) is 5.82 Å². The fraction of sp³-hybridized carbons (Fsp3) is 0.550. The Labute approximate surface area is 163 Å². The Morgan fingerprint density at radius 1 is 1.22 bits per heavy atom. The largest absolute Gasteiger partial charge is 0.340 e. The Kier molecular flexibility index (Phi) is 5.50. The average Bonchev–Trinajstić information content (AvgIpc) is 3.32. The Morgan fingerprint density at radius 3 is 2.70 bits per heavy atom. The summed E-state index contributed by atoms with van der Waals surface area (Å²) < 4.78 is 17.4. The van der Waals surface area contributed by atoms with Crippen LogP contribution in [0.15, 0.2) is 29.6 Å². The third-order valence-electron chi connectivity index (χ3n) is 5.83. The van der Waals surface area contributed by atoms with Gasteiger partial charge in [0, 0.05) is 36.9 Å². The number of aromatic nitrogens is 2. The Bertz CT molecular complexity index is 767. The number of benzene rings is 1. The molecule has 144 valence electrons. The molecule has 1 aromatic heterocycles. The van der Waals surface area contributed by atoms with Gasteiger partial charge in [0.2, 0.25) is 5.91 Å². The van der Waals surface area contributed by atoms with Gasteiger partial charge >= 0.3 is 0 Å². The van der Waals surface area contributed by atoms with Crippen LogP contribution in [0.4, 0.5) is 4.39 Å². The van der Waals surface area contributed by atoms with Gasteiger partial charge in [0.25, 0.3) is 0 Å². The highest BCUT2D eigenvalue weighted by molar-refractivity contribution is 7.03. The summed E-state index contributed by atoms with van der Waals surface area (Å²) in [6, 6.07) is 6.64. The van der Waals surface area contributed by atoms with E-state index >= 15 is 0 Å². The lowest BCUT2D eigenvalue weighted by Crippen LogP contribution is -2.43. The molecule has 0 N–H and O–H groups in total. The van der Waals surface area contributed by atoms with Gasteiger partial charge < -0.3 is 4.90 Å². The van der Waals surface area contributed by atoms with Gasteiger partial charge in [-0.15, -0.1) is 5.10 Å². The van der Waals surface area contributed by atoms with Crippen LogP contribution in [-0.2, 0) is 4.79 Å². The summed E-state index contributed by atoms with van der Waals surface area (Å²) in [5, 5.41) is 6.22. The molecule has 1 aromatic carbocycles. The van der Waals surface area contributed by atoms with Crippen LogP contribution in [0, 0.1) is 11.7 Å². The van der Waals surface area contributed by atoms with E-state index in [1.54, 1.807) is 0 Å². The van der Waals surface area contributed by atoms with Crippen molar-refractivity contribution in [2.75, 3.05) is 32.7 Å². The van der Waals surface area contributed by atoms with E-state index in [-0.39, 0.29) is 23.6 Å². The zero-order valence-electron chi connectivity index (χ0n) is 15.6. The number of carbonyl (C=O) groups excluding carboxylic acids is 1. The molecular weight excluding hydrogens is 363 g/mol. The predicted octanol–water partition coefficient (Wildman–Crippen LogP) is 3.12. The minimum absolute atomic E-state index is 0.110. The van der Waals surface area contributed by atoms with Crippen LogP contribution in [0.3, 0.4) is 0 Å². The van der Waals surface area contributed by atoms with Crippen LogP contribution in [0.25, 0.3) is 0 Å². The highest BCUT2D eigenvalue weighted by atomic mass is 32.1. The molecule has 1 amide bonds. The maximum absolute atomic E-state index is 13.4. The van der Waals surface area contributed by atoms with E-state index in [0.717, 1.165) is 24.3 Å². The van der Waals surface area contributed by atoms with Gasteiger partial charge in [-0.1, -0.05) is 23.5 Å². The molecule has 3 atom stereocenters. The van der Waals surface area contributed by atoms with Crippen LogP contribution in [0.5, 0.6) is 0 Å². The molecule has 0 aliphatic carbocycles. The van der Waals surface area contributed by atoms with Crippen LogP contribution in [0.2, 0.25) is 0 Å². The summed E-state index contributed by atoms with van der Waals surface area (Å²) in [7, 11) is 0. The minimum Gasteiger partial charge on any atom is -0.340 e. The molecule has 2 saturated heterocycles. The van der Waals surface area contributed by atoms with Crippen molar-refractivity contribution >= 4 is 17.4 Å². The fourth-order valence-electron chi connectivity index (χ4n) is 4.41. The second-order valence-electron chi connectivity index (χ2n) is 7.88. The fourth-order valence-corrected chi connectivity index (χ4v) is 4.93. The highest BCUT2D eigenvalue weighted by Gasteiger charge is 2.38. The van der Waals surface area contributed by atoms with Crippen LogP contribution in [0.1, 0.15) is 42.9 Å². The highest BCUT2D eigenvalue weighted by Crippen LogP contribution is 2.39. The smallest absolute Gasteiger partial charge is 0.236 e. The molecule has 0 bridgehead atoms. The minimum atomic E-state index is -0.240. The number of rotatable bonds is 4. The number of amides is 1. The molecule has 2 aliphatic rings. The third-order valence-corrected chi connectivity index (χ3v) is 6.35. The normalized spacial score (nSPS) is 26.4. The van der Waals surface area contributed by atoms with Crippen molar-refractivity contribution in [3.8, 4) is 0 Å². The molecule has 27 heavy (non-hydrogen) atoms. The number of nitrogens with zero attached hydrogens (tertiary/aromatic N) is 4. The van der Waals surface area contributed by atoms with Gasteiger partial charge in [-0.25, -0.2) is 4.39 Å². The topological polar surface area (TPSA) is 49.3 Å². The maximum Gasteiger partial charge on any atom is 0.236 e. The number of likely N-dealkylation sites (tertiary alicyclic amines) is 2. The standard InChI is InChI=1S/C20H25FN4OS/c1-14-3-2-8-24(9-14)12-20(26)25-10-17(15-4-6-16(21)7-5-15)18(11-25)19-13-27-23-22-19/h4-7,13-14,17-18H,2-3,8-12H2,1H3/t14-,17-,18+/m0/s1. The second-order valence-corrected chi connectivity index (χ2v) is 8.49. The molecule has 2 aliphatic heterocycles. The van der Waals surface area contributed by atoms with Crippen LogP contribution >= 0.6 is 11.5 Å². The first kappa shape index (κ1) is 18.5. The van der Waals surface area contributed by atoms with E-state index in [9.17, 15) is 9.18 Å². The lowest BCUT2D eigenvalue weighted by molar-refractivity contribution is -0.131. The molecule has 0 spiro atoms. The summed E-state index contributed by atoms with van der Waals surface area (Å²) in [5.74, 6) is 0.834. The van der Waals surface area contributed by atoms with Gasteiger partial charge in [0.15, 0.2) is 0 Å². The number of halogens is 1. The van der Waals surface area contributed by atoms with Crippen molar-refractivity contribution in [3.63, 3.8) is 0 Å². The number of hydrogen-bond acceptors (Lipinski definition) is 5. The first-order valence-electron chi connectivity index (χ1n) is 9.62. The molecule has 0 unspecified atom stereocenters. The summed E-state index contributed by atoms with van der Waals surface area (Å²) in [4.78, 5) is 17.2. The summed E-state index contributed by atoms with van der Waals surface area (Å²) >= 11 is 1.33. The van der Waals surface area contributed by atoms with E-state index in [2.05, 4.69) is 21.4 Å². The molecule has 0 saturated carbocycles. The summed E-state index contributed by atoms with van der Waals surface area (Å²) in [5.41, 5.74) is 1.98. The Morgan fingerprint density at radius 2 is 2.00 bits per heavy atom. The zero-order chi connectivity index (χ0) is 18.8. The lowest BCUT2D eigenvalue weighted by Gasteiger charge is -2.31. The van der Waals surface area contributed by atoms with Crippen LogP contribution < -0.4 is 0 Å². The SMILES string of the molecule is C[C@H]1CCCN(CC(=O)N2C[C@@H](c3ccc(F)cc3)[C@H](c3csnn3)C2)C1. The van der Waals surface area contributed by atoms with Gasteiger partial charge in [-0.05, 0) is 54.5 Å². The average molecular weight is 389 g/mol.